The maximum Gasteiger partial charge on any atom is 0.324 e. The first-order valence-electron chi connectivity index (χ1n) is 5.03. The molecule has 0 fully saturated rings. The minimum atomic E-state index is -4.27. The van der Waals surface area contributed by atoms with E-state index in [0.717, 1.165) is 5.56 Å². The number of aryl methyl sites for hydroxylation is 1. The van der Waals surface area contributed by atoms with Gasteiger partial charge in [-0.05, 0) is 19.1 Å². The van der Waals surface area contributed by atoms with Crippen molar-refractivity contribution in [1.82, 2.24) is 0 Å². The number of hydrogen-bond acceptors (Lipinski definition) is 2. The molecule has 0 spiro atoms. The number of hydrogen-bond donors (Lipinski definition) is 0. The summed E-state index contributed by atoms with van der Waals surface area (Å²) in [7, 11) is -4.27. The van der Waals surface area contributed by atoms with Crippen molar-refractivity contribution in [2.75, 3.05) is 0 Å². The fraction of sp³-hybridized carbons (Fsp3) is 0.0769. The summed E-state index contributed by atoms with van der Waals surface area (Å²) < 4.78 is 31.2. The summed E-state index contributed by atoms with van der Waals surface area (Å²) in [6, 6.07) is 17.8. The third kappa shape index (κ3) is 5.29. The van der Waals surface area contributed by atoms with Crippen molar-refractivity contribution in [3.05, 3.63) is 66.2 Å². The van der Waals surface area contributed by atoms with Gasteiger partial charge in [-0.3, -0.25) is 0 Å². The molecule has 0 aliphatic rings. The highest BCUT2D eigenvalue weighted by molar-refractivity contribution is 7.85. The van der Waals surface area contributed by atoms with Crippen LogP contribution in [0.2, 0.25) is 0 Å². The maximum absolute atomic E-state index is 10.4. The zero-order valence-electron chi connectivity index (χ0n) is 9.41. The van der Waals surface area contributed by atoms with Crippen molar-refractivity contribution in [3.63, 3.8) is 0 Å². The van der Waals surface area contributed by atoms with Crippen LogP contribution in [0.3, 0.4) is 0 Å². The minimum Gasteiger partial charge on any atom is -0.192 e. The third-order valence-electron chi connectivity index (χ3n) is 1.98. The maximum atomic E-state index is 10.4. The highest BCUT2D eigenvalue weighted by atomic mass is 32.2. The Labute approximate surface area is 101 Å². The normalized spacial score (nSPS) is 10.2. The van der Waals surface area contributed by atoms with Crippen molar-refractivity contribution in [1.29, 1.82) is 0 Å². The van der Waals surface area contributed by atoms with Gasteiger partial charge in [0.2, 0.25) is 0 Å². The molecule has 17 heavy (non-hydrogen) atoms. The van der Waals surface area contributed by atoms with E-state index in [1.165, 1.54) is 12.1 Å². The number of benzene rings is 2. The Kier molecular flexibility index (Phi) is 4.87. The van der Waals surface area contributed by atoms with Gasteiger partial charge >= 0.3 is 10.1 Å². The molecular formula is C13H13O3S. The Morgan fingerprint density at radius 2 is 1.12 bits per heavy atom. The molecule has 0 aliphatic heterocycles. The lowest BCUT2D eigenvalue weighted by atomic mass is 10.2. The van der Waals surface area contributed by atoms with Crippen molar-refractivity contribution >= 4 is 10.1 Å². The van der Waals surface area contributed by atoms with Gasteiger partial charge in [0.15, 0.2) is 0 Å². The van der Waals surface area contributed by atoms with Crippen LogP contribution in [0.15, 0.2) is 65.6 Å². The van der Waals surface area contributed by atoms with E-state index in [-0.39, 0.29) is 4.90 Å². The molecule has 0 heterocycles. The largest absolute Gasteiger partial charge is 0.324 e. The zero-order chi connectivity index (χ0) is 12.7. The van der Waals surface area contributed by atoms with Crippen LogP contribution in [0.5, 0.6) is 0 Å². The van der Waals surface area contributed by atoms with Gasteiger partial charge < -0.3 is 0 Å². The molecule has 0 N–H and O–H groups in total. The van der Waals surface area contributed by atoms with Crippen molar-refractivity contribution < 1.29 is 13.0 Å². The first-order valence-corrected chi connectivity index (χ1v) is 6.43. The molecule has 0 saturated carbocycles. The van der Waals surface area contributed by atoms with Gasteiger partial charge in [0.25, 0.3) is 0 Å². The molecule has 0 atom stereocenters. The predicted octanol–water partition coefficient (Wildman–Crippen LogP) is 2.80. The Bertz CT molecular complexity index is 504. The molecule has 2 rings (SSSR count). The Morgan fingerprint density at radius 3 is 1.41 bits per heavy atom. The topological polar surface area (TPSA) is 54.0 Å². The monoisotopic (exact) mass is 249 g/mol. The van der Waals surface area contributed by atoms with Crippen LogP contribution in [0.25, 0.3) is 0 Å². The van der Waals surface area contributed by atoms with E-state index in [9.17, 15) is 13.0 Å². The molecule has 89 valence electrons. The van der Waals surface area contributed by atoms with Gasteiger partial charge in [0.05, 0.1) is 4.90 Å². The van der Waals surface area contributed by atoms with Crippen LogP contribution in [-0.2, 0) is 14.7 Å². The van der Waals surface area contributed by atoms with E-state index in [1.807, 2.05) is 43.3 Å². The first kappa shape index (κ1) is 13.4. The SMILES string of the molecule is Cc1ccc(S([O])(=O)=O)cc1.c1ccccc1. The molecule has 3 nitrogen and oxygen atoms in total. The molecule has 2 aromatic rings. The zero-order valence-corrected chi connectivity index (χ0v) is 10.2. The summed E-state index contributed by atoms with van der Waals surface area (Å²) in [5.74, 6) is 0. The van der Waals surface area contributed by atoms with Gasteiger partial charge in [0, 0.05) is 0 Å². The smallest absolute Gasteiger partial charge is 0.192 e. The van der Waals surface area contributed by atoms with E-state index in [0.29, 0.717) is 0 Å². The molecule has 4 heteroatoms. The summed E-state index contributed by atoms with van der Waals surface area (Å²) >= 11 is 0. The van der Waals surface area contributed by atoms with Crippen molar-refractivity contribution in [2.24, 2.45) is 0 Å². The van der Waals surface area contributed by atoms with Crippen LogP contribution in [0, 0.1) is 6.92 Å². The second kappa shape index (κ2) is 6.18. The lowest BCUT2D eigenvalue weighted by Crippen LogP contribution is -1.94. The van der Waals surface area contributed by atoms with E-state index in [2.05, 4.69) is 0 Å². The lowest BCUT2D eigenvalue weighted by molar-refractivity contribution is 0.414. The van der Waals surface area contributed by atoms with Crippen LogP contribution >= 0.6 is 0 Å². The average molecular weight is 249 g/mol. The van der Waals surface area contributed by atoms with Gasteiger partial charge in [-0.15, -0.1) is 0 Å². The highest BCUT2D eigenvalue weighted by Gasteiger charge is 2.09. The second-order valence-electron chi connectivity index (χ2n) is 3.42. The first-order chi connectivity index (χ1) is 8.00. The quantitative estimate of drug-likeness (QED) is 0.780. The average Bonchev–Trinajstić information content (AvgIpc) is 2.31. The molecule has 0 unspecified atom stereocenters. The van der Waals surface area contributed by atoms with Crippen LogP contribution in [0.1, 0.15) is 5.56 Å². The minimum absolute atomic E-state index is 0.178. The van der Waals surface area contributed by atoms with Crippen LogP contribution in [-0.4, -0.2) is 8.42 Å². The fourth-order valence-electron chi connectivity index (χ4n) is 1.09. The van der Waals surface area contributed by atoms with Gasteiger partial charge in [0.1, 0.15) is 0 Å². The van der Waals surface area contributed by atoms with Crippen LogP contribution in [0.4, 0.5) is 0 Å². The summed E-state index contributed by atoms with van der Waals surface area (Å²) in [6.07, 6.45) is 0. The van der Waals surface area contributed by atoms with E-state index >= 15 is 0 Å². The van der Waals surface area contributed by atoms with E-state index in [4.69, 9.17) is 0 Å². The van der Waals surface area contributed by atoms with Gasteiger partial charge in [-0.2, -0.15) is 8.42 Å². The highest BCUT2D eigenvalue weighted by Crippen LogP contribution is 2.09. The third-order valence-corrected chi connectivity index (χ3v) is 2.83. The van der Waals surface area contributed by atoms with Gasteiger partial charge in [-0.1, -0.05) is 58.6 Å². The van der Waals surface area contributed by atoms with Crippen LogP contribution < -0.4 is 0 Å². The lowest BCUT2D eigenvalue weighted by Gasteiger charge is -1.93. The summed E-state index contributed by atoms with van der Waals surface area (Å²) in [5.41, 5.74) is 0.928. The Balaban J connectivity index is 0.000000202. The van der Waals surface area contributed by atoms with E-state index < -0.39 is 10.1 Å². The molecule has 1 radical (unpaired) electrons. The molecule has 0 bridgehead atoms. The standard InChI is InChI=1S/C7H7O3S.C6H6/c1-6-2-4-7(5-3-6)11(8,9)10;1-2-4-6-5-3-1/h2-5H,1H3;1-6H. The Morgan fingerprint density at radius 1 is 0.765 bits per heavy atom. The van der Waals surface area contributed by atoms with Crippen molar-refractivity contribution in [2.45, 2.75) is 11.8 Å². The second-order valence-corrected chi connectivity index (χ2v) is 4.80. The van der Waals surface area contributed by atoms with Crippen molar-refractivity contribution in [3.8, 4) is 0 Å². The molecule has 0 amide bonds. The molecule has 0 aliphatic carbocycles. The molecule has 2 aromatic carbocycles. The van der Waals surface area contributed by atoms with E-state index in [1.54, 1.807) is 12.1 Å². The Hall–Kier alpha value is -1.65. The fourth-order valence-corrected chi connectivity index (χ4v) is 1.56. The molecule has 0 aromatic heterocycles. The van der Waals surface area contributed by atoms with Gasteiger partial charge in [-0.25, -0.2) is 0 Å². The predicted molar refractivity (Wildman–Crippen MR) is 65.5 cm³/mol. The summed E-state index contributed by atoms with van der Waals surface area (Å²) in [4.78, 5) is -0.178. The summed E-state index contributed by atoms with van der Waals surface area (Å²) in [5, 5.41) is 0. The molecular weight excluding hydrogens is 236 g/mol. The summed E-state index contributed by atoms with van der Waals surface area (Å²) in [6.45, 7) is 1.82. The molecule has 0 saturated heterocycles. The number of rotatable bonds is 1.